The molecule has 2 aromatic rings. The lowest BCUT2D eigenvalue weighted by atomic mass is 9.73. The number of aromatic nitrogens is 2. The van der Waals surface area contributed by atoms with Gasteiger partial charge in [0.05, 0.1) is 11.9 Å². The molecule has 1 fully saturated rings. The summed E-state index contributed by atoms with van der Waals surface area (Å²) in [7, 11) is 1.82. The SMILES string of the molecule is Cn1cc(NC(=O)NC2(Cc3ccc(Cl)cc3)CCC2)cn1. The zero-order valence-electron chi connectivity index (χ0n) is 12.5. The van der Waals surface area contributed by atoms with Crippen LogP contribution in [0.5, 0.6) is 0 Å². The minimum atomic E-state index is -0.179. The predicted molar refractivity (Wildman–Crippen MR) is 87.1 cm³/mol. The van der Waals surface area contributed by atoms with Crippen molar-refractivity contribution < 1.29 is 4.79 Å². The third-order valence-electron chi connectivity index (χ3n) is 4.11. The maximum Gasteiger partial charge on any atom is 0.319 e. The van der Waals surface area contributed by atoms with Crippen molar-refractivity contribution in [2.45, 2.75) is 31.2 Å². The van der Waals surface area contributed by atoms with Crippen molar-refractivity contribution in [1.82, 2.24) is 15.1 Å². The van der Waals surface area contributed by atoms with E-state index in [1.165, 1.54) is 5.56 Å². The normalized spacial score (nSPS) is 15.9. The molecule has 0 atom stereocenters. The number of carbonyl (C=O) groups excluding carboxylic acids is 1. The first-order valence-electron chi connectivity index (χ1n) is 7.37. The van der Waals surface area contributed by atoms with Crippen LogP contribution in [0.15, 0.2) is 36.7 Å². The van der Waals surface area contributed by atoms with Crippen LogP contribution in [-0.2, 0) is 13.5 Å². The third kappa shape index (κ3) is 3.42. The number of halogens is 1. The second-order valence-electron chi connectivity index (χ2n) is 5.92. The number of urea groups is 1. The minimum absolute atomic E-state index is 0.153. The van der Waals surface area contributed by atoms with E-state index in [-0.39, 0.29) is 11.6 Å². The van der Waals surface area contributed by atoms with Crippen molar-refractivity contribution in [2.24, 2.45) is 7.05 Å². The number of hydrogen-bond acceptors (Lipinski definition) is 2. The Morgan fingerprint density at radius 1 is 1.36 bits per heavy atom. The Morgan fingerprint density at radius 3 is 2.64 bits per heavy atom. The molecular formula is C16H19ClN4O. The van der Waals surface area contributed by atoms with E-state index in [1.807, 2.05) is 31.3 Å². The monoisotopic (exact) mass is 318 g/mol. The summed E-state index contributed by atoms with van der Waals surface area (Å²) in [6.45, 7) is 0. The first-order valence-corrected chi connectivity index (χ1v) is 7.75. The number of aryl methyl sites for hydroxylation is 1. The van der Waals surface area contributed by atoms with Gasteiger partial charge in [0.15, 0.2) is 0 Å². The van der Waals surface area contributed by atoms with Crippen molar-refractivity contribution >= 4 is 23.3 Å². The van der Waals surface area contributed by atoms with Crippen LogP contribution in [0.3, 0.4) is 0 Å². The maximum absolute atomic E-state index is 12.2. The molecule has 0 aliphatic heterocycles. The Hall–Kier alpha value is -2.01. The Bertz CT molecular complexity index is 661. The second kappa shape index (κ2) is 6.01. The Kier molecular flexibility index (Phi) is 4.07. The van der Waals surface area contributed by atoms with Gasteiger partial charge in [-0.3, -0.25) is 4.68 Å². The van der Waals surface area contributed by atoms with Crippen LogP contribution >= 0.6 is 11.6 Å². The quantitative estimate of drug-likeness (QED) is 0.908. The summed E-state index contributed by atoms with van der Waals surface area (Å²) in [5.41, 5.74) is 1.73. The molecule has 1 saturated carbocycles. The highest BCUT2D eigenvalue weighted by Gasteiger charge is 2.38. The van der Waals surface area contributed by atoms with Crippen LogP contribution in [0, 0.1) is 0 Å². The molecule has 2 amide bonds. The van der Waals surface area contributed by atoms with E-state index in [0.717, 1.165) is 30.7 Å². The standard InChI is InChI=1S/C16H19ClN4O/c1-21-11-14(10-18-21)19-15(22)20-16(7-2-8-16)9-12-3-5-13(17)6-4-12/h3-6,10-11H,2,7-9H2,1H3,(H2,19,20,22). The van der Waals surface area contributed by atoms with Gasteiger partial charge in [0.1, 0.15) is 0 Å². The van der Waals surface area contributed by atoms with Gasteiger partial charge in [-0.15, -0.1) is 0 Å². The lowest BCUT2D eigenvalue weighted by Gasteiger charge is -2.42. The number of anilines is 1. The van der Waals surface area contributed by atoms with E-state index >= 15 is 0 Å². The molecule has 0 radical (unpaired) electrons. The summed E-state index contributed by atoms with van der Waals surface area (Å²) in [6.07, 6.45) is 7.36. The second-order valence-corrected chi connectivity index (χ2v) is 6.36. The molecule has 3 rings (SSSR count). The zero-order chi connectivity index (χ0) is 15.6. The summed E-state index contributed by atoms with van der Waals surface area (Å²) in [5.74, 6) is 0. The molecule has 0 bridgehead atoms. The van der Waals surface area contributed by atoms with Crippen LogP contribution in [-0.4, -0.2) is 21.4 Å². The van der Waals surface area contributed by atoms with Crippen molar-refractivity contribution in [3.8, 4) is 0 Å². The van der Waals surface area contributed by atoms with Gasteiger partial charge < -0.3 is 10.6 Å². The number of amides is 2. The van der Waals surface area contributed by atoms with Crippen LogP contribution in [0.1, 0.15) is 24.8 Å². The summed E-state index contributed by atoms with van der Waals surface area (Å²) < 4.78 is 1.66. The molecule has 1 heterocycles. The lowest BCUT2D eigenvalue weighted by Crippen LogP contribution is -2.56. The van der Waals surface area contributed by atoms with E-state index in [9.17, 15) is 4.79 Å². The molecule has 22 heavy (non-hydrogen) atoms. The fraction of sp³-hybridized carbons (Fsp3) is 0.375. The highest BCUT2D eigenvalue weighted by atomic mass is 35.5. The Balaban J connectivity index is 1.63. The zero-order valence-corrected chi connectivity index (χ0v) is 13.2. The average Bonchev–Trinajstić information content (AvgIpc) is 2.84. The minimum Gasteiger partial charge on any atom is -0.332 e. The molecule has 1 aromatic heterocycles. The van der Waals surface area contributed by atoms with E-state index in [2.05, 4.69) is 15.7 Å². The van der Waals surface area contributed by atoms with E-state index in [1.54, 1.807) is 17.1 Å². The van der Waals surface area contributed by atoms with Crippen LogP contribution in [0.2, 0.25) is 5.02 Å². The summed E-state index contributed by atoms with van der Waals surface area (Å²) in [4.78, 5) is 12.2. The maximum atomic E-state index is 12.2. The Labute approximate surface area is 134 Å². The Morgan fingerprint density at radius 2 is 2.09 bits per heavy atom. The van der Waals surface area contributed by atoms with Gasteiger partial charge in [0, 0.05) is 23.8 Å². The lowest BCUT2D eigenvalue weighted by molar-refractivity contribution is 0.183. The molecular weight excluding hydrogens is 300 g/mol. The summed E-state index contributed by atoms with van der Waals surface area (Å²) >= 11 is 5.92. The number of nitrogens with one attached hydrogen (secondary N) is 2. The molecule has 1 aliphatic rings. The van der Waals surface area contributed by atoms with Gasteiger partial charge in [-0.05, 0) is 43.4 Å². The van der Waals surface area contributed by atoms with E-state index < -0.39 is 0 Å². The predicted octanol–water partition coefficient (Wildman–Crippen LogP) is 3.36. The average molecular weight is 319 g/mol. The first-order chi connectivity index (χ1) is 10.5. The van der Waals surface area contributed by atoms with Gasteiger partial charge in [0.25, 0.3) is 0 Å². The van der Waals surface area contributed by atoms with E-state index in [4.69, 9.17) is 11.6 Å². The molecule has 0 saturated heterocycles. The topological polar surface area (TPSA) is 59.0 Å². The number of rotatable bonds is 4. The molecule has 5 nitrogen and oxygen atoms in total. The summed E-state index contributed by atoms with van der Waals surface area (Å²) in [5, 5.41) is 10.7. The molecule has 0 spiro atoms. The number of carbonyl (C=O) groups is 1. The molecule has 1 aromatic carbocycles. The van der Waals surface area contributed by atoms with Crippen LogP contribution in [0.4, 0.5) is 10.5 Å². The smallest absolute Gasteiger partial charge is 0.319 e. The molecule has 0 unspecified atom stereocenters. The molecule has 116 valence electrons. The van der Waals surface area contributed by atoms with Crippen molar-refractivity contribution in [2.75, 3.05) is 5.32 Å². The number of hydrogen-bond donors (Lipinski definition) is 2. The highest BCUT2D eigenvalue weighted by Crippen LogP contribution is 2.35. The van der Waals surface area contributed by atoms with Gasteiger partial charge in [-0.1, -0.05) is 23.7 Å². The number of nitrogens with zero attached hydrogens (tertiary/aromatic N) is 2. The fourth-order valence-electron chi connectivity index (χ4n) is 2.83. The molecule has 2 N–H and O–H groups in total. The van der Waals surface area contributed by atoms with Crippen LogP contribution < -0.4 is 10.6 Å². The summed E-state index contributed by atoms with van der Waals surface area (Å²) in [6, 6.07) is 7.63. The van der Waals surface area contributed by atoms with Gasteiger partial charge >= 0.3 is 6.03 Å². The van der Waals surface area contributed by atoms with E-state index in [0.29, 0.717) is 5.69 Å². The number of benzene rings is 1. The fourth-order valence-corrected chi connectivity index (χ4v) is 2.96. The van der Waals surface area contributed by atoms with Crippen LogP contribution in [0.25, 0.3) is 0 Å². The molecule has 6 heteroatoms. The van der Waals surface area contributed by atoms with Gasteiger partial charge in [-0.25, -0.2) is 4.79 Å². The van der Waals surface area contributed by atoms with Crippen molar-refractivity contribution in [3.05, 3.63) is 47.2 Å². The first kappa shape index (κ1) is 14.9. The third-order valence-corrected chi connectivity index (χ3v) is 4.36. The highest BCUT2D eigenvalue weighted by molar-refractivity contribution is 6.30. The van der Waals surface area contributed by atoms with Crippen molar-refractivity contribution in [1.29, 1.82) is 0 Å². The largest absolute Gasteiger partial charge is 0.332 e. The van der Waals surface area contributed by atoms with Gasteiger partial charge in [-0.2, -0.15) is 5.10 Å². The molecule has 1 aliphatic carbocycles. The van der Waals surface area contributed by atoms with Gasteiger partial charge in [0.2, 0.25) is 0 Å². The van der Waals surface area contributed by atoms with Crippen molar-refractivity contribution in [3.63, 3.8) is 0 Å².